The maximum atomic E-state index is 5.17. The molecule has 1 aromatic heterocycles. The standard InChI is InChI=1S/C16H17N3O/c1-11(12-7-9-13(20-2)10-8-12)17-16-18-14-5-3-4-6-15(14)19-16/h3-11H,1-2H3,(H2,17,18,19). The molecule has 1 unspecified atom stereocenters. The van der Waals surface area contributed by atoms with Crippen LogP contribution in [0.1, 0.15) is 18.5 Å². The molecule has 2 N–H and O–H groups in total. The molecule has 20 heavy (non-hydrogen) atoms. The number of methoxy groups -OCH3 is 1. The van der Waals surface area contributed by atoms with Crippen LogP contribution in [0.4, 0.5) is 5.95 Å². The second kappa shape index (κ2) is 5.25. The predicted octanol–water partition coefficient (Wildman–Crippen LogP) is 3.74. The number of imidazole rings is 1. The van der Waals surface area contributed by atoms with E-state index in [1.54, 1.807) is 7.11 Å². The number of anilines is 1. The Labute approximate surface area is 117 Å². The fraction of sp³-hybridized carbons (Fsp3) is 0.188. The normalized spacial score (nSPS) is 12.3. The summed E-state index contributed by atoms with van der Waals surface area (Å²) in [6.07, 6.45) is 0. The number of rotatable bonds is 4. The molecule has 0 radical (unpaired) electrons. The summed E-state index contributed by atoms with van der Waals surface area (Å²) in [5.41, 5.74) is 3.19. The molecule has 3 rings (SSSR count). The number of H-pyrrole nitrogens is 1. The van der Waals surface area contributed by atoms with Gasteiger partial charge in [-0.25, -0.2) is 4.98 Å². The third kappa shape index (κ3) is 2.45. The molecular formula is C16H17N3O. The Morgan fingerprint density at radius 2 is 1.85 bits per heavy atom. The Hall–Kier alpha value is -2.49. The van der Waals surface area contributed by atoms with E-state index in [0.717, 1.165) is 22.7 Å². The van der Waals surface area contributed by atoms with Crippen molar-refractivity contribution in [2.75, 3.05) is 12.4 Å². The van der Waals surface area contributed by atoms with Crippen molar-refractivity contribution in [3.63, 3.8) is 0 Å². The lowest BCUT2D eigenvalue weighted by Crippen LogP contribution is -2.07. The number of hydrogen-bond donors (Lipinski definition) is 2. The van der Waals surface area contributed by atoms with Crippen molar-refractivity contribution < 1.29 is 4.74 Å². The Morgan fingerprint density at radius 3 is 2.55 bits per heavy atom. The zero-order valence-corrected chi connectivity index (χ0v) is 11.6. The van der Waals surface area contributed by atoms with Crippen LogP contribution >= 0.6 is 0 Å². The van der Waals surface area contributed by atoms with Crippen molar-refractivity contribution in [1.29, 1.82) is 0 Å². The molecular weight excluding hydrogens is 250 g/mol. The topological polar surface area (TPSA) is 49.9 Å². The number of benzene rings is 2. The van der Waals surface area contributed by atoms with Gasteiger partial charge in [-0.1, -0.05) is 24.3 Å². The summed E-state index contributed by atoms with van der Waals surface area (Å²) >= 11 is 0. The van der Waals surface area contributed by atoms with E-state index in [0.29, 0.717) is 0 Å². The number of nitrogens with one attached hydrogen (secondary N) is 2. The first-order valence-electron chi connectivity index (χ1n) is 6.61. The van der Waals surface area contributed by atoms with Crippen LogP contribution in [0.15, 0.2) is 48.5 Å². The molecule has 0 aliphatic heterocycles. The summed E-state index contributed by atoms with van der Waals surface area (Å²) in [6.45, 7) is 2.11. The SMILES string of the molecule is COc1ccc(C(C)Nc2nc3ccccc3[nH]2)cc1. The summed E-state index contributed by atoms with van der Waals surface area (Å²) in [7, 11) is 1.67. The van der Waals surface area contributed by atoms with Gasteiger partial charge in [0.25, 0.3) is 0 Å². The fourth-order valence-electron chi connectivity index (χ4n) is 2.20. The molecule has 1 heterocycles. The molecule has 1 atom stereocenters. The molecule has 0 aliphatic carbocycles. The van der Waals surface area contributed by atoms with Crippen molar-refractivity contribution in [2.45, 2.75) is 13.0 Å². The van der Waals surface area contributed by atoms with Gasteiger partial charge in [-0.15, -0.1) is 0 Å². The van der Waals surface area contributed by atoms with Gasteiger partial charge in [0.15, 0.2) is 0 Å². The average molecular weight is 267 g/mol. The zero-order valence-electron chi connectivity index (χ0n) is 11.6. The molecule has 3 aromatic rings. The Morgan fingerprint density at radius 1 is 1.10 bits per heavy atom. The minimum Gasteiger partial charge on any atom is -0.497 e. The second-order valence-corrected chi connectivity index (χ2v) is 4.74. The number of fused-ring (bicyclic) bond motifs is 1. The number of ether oxygens (including phenoxy) is 1. The molecule has 2 aromatic carbocycles. The minimum absolute atomic E-state index is 0.168. The van der Waals surface area contributed by atoms with Gasteiger partial charge in [0.05, 0.1) is 24.2 Å². The van der Waals surface area contributed by atoms with E-state index in [4.69, 9.17) is 4.74 Å². The van der Waals surface area contributed by atoms with E-state index >= 15 is 0 Å². The number of aromatic nitrogens is 2. The van der Waals surface area contributed by atoms with Crippen molar-refractivity contribution >= 4 is 17.0 Å². The lowest BCUT2D eigenvalue weighted by Gasteiger charge is -2.13. The van der Waals surface area contributed by atoms with Crippen LogP contribution in [0.5, 0.6) is 5.75 Å². The van der Waals surface area contributed by atoms with Crippen LogP contribution in [0.25, 0.3) is 11.0 Å². The highest BCUT2D eigenvalue weighted by Crippen LogP contribution is 2.21. The fourth-order valence-corrected chi connectivity index (χ4v) is 2.20. The number of nitrogens with zero attached hydrogens (tertiary/aromatic N) is 1. The minimum atomic E-state index is 0.168. The lowest BCUT2D eigenvalue weighted by molar-refractivity contribution is 0.414. The quantitative estimate of drug-likeness (QED) is 0.757. The van der Waals surface area contributed by atoms with E-state index in [2.05, 4.69) is 34.3 Å². The Balaban J connectivity index is 1.78. The third-order valence-electron chi connectivity index (χ3n) is 3.36. The van der Waals surface area contributed by atoms with E-state index in [-0.39, 0.29) is 6.04 Å². The van der Waals surface area contributed by atoms with Gasteiger partial charge >= 0.3 is 0 Å². The number of aromatic amines is 1. The van der Waals surface area contributed by atoms with Crippen molar-refractivity contribution in [3.8, 4) is 5.75 Å². The van der Waals surface area contributed by atoms with E-state index in [1.807, 2.05) is 36.4 Å². The first-order chi connectivity index (χ1) is 9.76. The molecule has 0 fully saturated rings. The first kappa shape index (κ1) is 12.5. The van der Waals surface area contributed by atoms with Gasteiger partial charge in [-0.05, 0) is 36.8 Å². The number of hydrogen-bond acceptors (Lipinski definition) is 3. The third-order valence-corrected chi connectivity index (χ3v) is 3.36. The van der Waals surface area contributed by atoms with E-state index < -0.39 is 0 Å². The summed E-state index contributed by atoms with van der Waals surface area (Å²) in [5.74, 6) is 1.65. The summed E-state index contributed by atoms with van der Waals surface area (Å²) < 4.78 is 5.17. The predicted molar refractivity (Wildman–Crippen MR) is 81.1 cm³/mol. The van der Waals surface area contributed by atoms with Crippen molar-refractivity contribution in [1.82, 2.24) is 9.97 Å². The monoisotopic (exact) mass is 267 g/mol. The molecule has 102 valence electrons. The van der Waals surface area contributed by atoms with Gasteiger partial charge in [0.1, 0.15) is 5.75 Å². The van der Waals surface area contributed by atoms with Crippen LogP contribution in [-0.4, -0.2) is 17.1 Å². The van der Waals surface area contributed by atoms with Crippen LogP contribution < -0.4 is 10.1 Å². The van der Waals surface area contributed by atoms with Gasteiger partial charge in [0.2, 0.25) is 5.95 Å². The lowest BCUT2D eigenvalue weighted by atomic mass is 10.1. The van der Waals surface area contributed by atoms with Crippen molar-refractivity contribution in [3.05, 3.63) is 54.1 Å². The Bertz CT molecular complexity index is 670. The largest absolute Gasteiger partial charge is 0.497 e. The van der Waals surface area contributed by atoms with Crippen LogP contribution in [0.3, 0.4) is 0 Å². The van der Waals surface area contributed by atoms with Gasteiger partial charge in [-0.3, -0.25) is 0 Å². The number of para-hydroxylation sites is 2. The highest BCUT2D eigenvalue weighted by Gasteiger charge is 2.08. The van der Waals surface area contributed by atoms with E-state index in [1.165, 1.54) is 5.56 Å². The molecule has 0 aliphatic rings. The molecule has 0 amide bonds. The average Bonchev–Trinajstić information content (AvgIpc) is 2.89. The smallest absolute Gasteiger partial charge is 0.201 e. The van der Waals surface area contributed by atoms with Crippen LogP contribution in [-0.2, 0) is 0 Å². The van der Waals surface area contributed by atoms with E-state index in [9.17, 15) is 0 Å². The maximum absolute atomic E-state index is 5.17. The van der Waals surface area contributed by atoms with Gasteiger partial charge < -0.3 is 15.0 Å². The van der Waals surface area contributed by atoms with Crippen LogP contribution in [0.2, 0.25) is 0 Å². The highest BCUT2D eigenvalue weighted by molar-refractivity contribution is 5.77. The molecule has 4 nitrogen and oxygen atoms in total. The van der Waals surface area contributed by atoms with Gasteiger partial charge in [-0.2, -0.15) is 0 Å². The summed E-state index contributed by atoms with van der Waals surface area (Å²) in [4.78, 5) is 7.79. The summed E-state index contributed by atoms with van der Waals surface area (Å²) in [5, 5.41) is 3.38. The molecule has 0 saturated carbocycles. The molecule has 4 heteroatoms. The molecule has 0 spiro atoms. The Kier molecular flexibility index (Phi) is 3.29. The van der Waals surface area contributed by atoms with Crippen LogP contribution in [0, 0.1) is 0 Å². The summed E-state index contributed by atoms with van der Waals surface area (Å²) in [6, 6.07) is 16.2. The molecule has 0 bridgehead atoms. The maximum Gasteiger partial charge on any atom is 0.201 e. The highest BCUT2D eigenvalue weighted by atomic mass is 16.5. The van der Waals surface area contributed by atoms with Crippen molar-refractivity contribution in [2.24, 2.45) is 0 Å². The van der Waals surface area contributed by atoms with Gasteiger partial charge in [0, 0.05) is 0 Å². The second-order valence-electron chi connectivity index (χ2n) is 4.74. The molecule has 0 saturated heterocycles. The first-order valence-corrected chi connectivity index (χ1v) is 6.61. The zero-order chi connectivity index (χ0) is 13.9.